The van der Waals surface area contributed by atoms with Crippen molar-refractivity contribution in [2.24, 2.45) is 0 Å². The molecule has 2 heterocycles. The van der Waals surface area contributed by atoms with Crippen LogP contribution < -0.4 is 4.90 Å². The quantitative estimate of drug-likeness (QED) is 0.254. The second-order valence-electron chi connectivity index (χ2n) is 6.12. The molecule has 0 atom stereocenters. The Morgan fingerprint density at radius 2 is 1.77 bits per heavy atom. The Balaban J connectivity index is 1.63. The molecule has 1 aromatic heterocycles. The highest BCUT2D eigenvalue weighted by atomic mass is 35.5. The number of benzene rings is 2. The van der Waals surface area contributed by atoms with Gasteiger partial charge in [-0.1, -0.05) is 23.2 Å². The van der Waals surface area contributed by atoms with E-state index in [0.717, 1.165) is 16.7 Å². The molecule has 3 aromatic rings. The molecular weight excluding hydrogens is 451 g/mol. The van der Waals surface area contributed by atoms with Gasteiger partial charge in [0.15, 0.2) is 0 Å². The van der Waals surface area contributed by atoms with Gasteiger partial charge in [-0.3, -0.25) is 19.7 Å². The summed E-state index contributed by atoms with van der Waals surface area (Å²) in [6, 6.07) is 13.5. The average Bonchev–Trinajstić information content (AvgIpc) is 3.27. The molecule has 10 heteroatoms. The SMILES string of the molecule is O=C1S/C(=C/c2ccc(-c3cc([N+](=O)[O-])ccc3Cl)o2)C(=O)N1c1ccc(Cl)cc1. The number of non-ortho nitro benzene ring substituents is 1. The third-order valence-corrected chi connectivity index (χ3v) is 5.66. The van der Waals surface area contributed by atoms with Crippen molar-refractivity contribution in [1.82, 2.24) is 0 Å². The van der Waals surface area contributed by atoms with E-state index in [-0.39, 0.29) is 15.6 Å². The molecule has 1 fully saturated rings. The molecule has 0 bridgehead atoms. The summed E-state index contributed by atoms with van der Waals surface area (Å²) in [7, 11) is 0. The first-order valence-electron chi connectivity index (χ1n) is 8.41. The molecule has 1 saturated heterocycles. The van der Waals surface area contributed by atoms with Crippen molar-refractivity contribution in [3.05, 3.63) is 85.4 Å². The molecule has 150 valence electrons. The highest BCUT2D eigenvalue weighted by Gasteiger charge is 2.36. The first-order chi connectivity index (χ1) is 14.3. The highest BCUT2D eigenvalue weighted by molar-refractivity contribution is 8.19. The van der Waals surface area contributed by atoms with Crippen LogP contribution in [0.5, 0.6) is 0 Å². The Labute approximate surface area is 184 Å². The molecule has 0 unspecified atom stereocenters. The number of thioether (sulfide) groups is 1. The molecule has 1 aliphatic rings. The number of furan rings is 1. The molecule has 0 aliphatic carbocycles. The van der Waals surface area contributed by atoms with Gasteiger partial charge in [0, 0.05) is 28.8 Å². The molecule has 0 spiro atoms. The second-order valence-corrected chi connectivity index (χ2v) is 7.95. The van der Waals surface area contributed by atoms with Crippen LogP contribution in [-0.4, -0.2) is 16.1 Å². The van der Waals surface area contributed by atoms with E-state index >= 15 is 0 Å². The Hall–Kier alpha value is -3.07. The molecule has 0 radical (unpaired) electrons. The minimum atomic E-state index is -0.531. The zero-order valence-corrected chi connectivity index (χ0v) is 17.2. The lowest BCUT2D eigenvalue weighted by Gasteiger charge is -2.11. The normalized spacial score (nSPS) is 15.3. The number of anilines is 1. The van der Waals surface area contributed by atoms with Crippen molar-refractivity contribution < 1.29 is 18.9 Å². The molecule has 1 aliphatic heterocycles. The maximum Gasteiger partial charge on any atom is 0.298 e. The summed E-state index contributed by atoms with van der Waals surface area (Å²) in [5.74, 6) is 0.111. The van der Waals surface area contributed by atoms with Crippen molar-refractivity contribution in [3.8, 4) is 11.3 Å². The number of nitrogens with zero attached hydrogens (tertiary/aromatic N) is 2. The van der Waals surface area contributed by atoms with Gasteiger partial charge in [-0.25, -0.2) is 4.90 Å². The zero-order valence-electron chi connectivity index (χ0n) is 14.9. The van der Waals surface area contributed by atoms with Crippen LogP contribution in [0.25, 0.3) is 17.4 Å². The number of imide groups is 1. The summed E-state index contributed by atoms with van der Waals surface area (Å²) in [5.41, 5.74) is 0.630. The molecule has 30 heavy (non-hydrogen) atoms. The summed E-state index contributed by atoms with van der Waals surface area (Å²) < 4.78 is 5.69. The number of amides is 2. The number of carbonyl (C=O) groups excluding carboxylic acids is 2. The third-order valence-electron chi connectivity index (χ3n) is 4.20. The molecule has 7 nitrogen and oxygen atoms in total. The maximum atomic E-state index is 12.7. The monoisotopic (exact) mass is 460 g/mol. The fourth-order valence-electron chi connectivity index (χ4n) is 2.80. The number of hydrogen-bond acceptors (Lipinski definition) is 6. The van der Waals surface area contributed by atoms with Gasteiger partial charge in [-0.15, -0.1) is 0 Å². The number of rotatable bonds is 4. The van der Waals surface area contributed by atoms with Crippen molar-refractivity contribution in [2.75, 3.05) is 4.90 Å². The van der Waals surface area contributed by atoms with Crippen LogP contribution in [0.3, 0.4) is 0 Å². The van der Waals surface area contributed by atoms with Crippen molar-refractivity contribution in [1.29, 1.82) is 0 Å². The first kappa shape index (κ1) is 20.2. The number of nitro groups is 1. The molecule has 2 aromatic carbocycles. The second kappa shape index (κ2) is 7.98. The summed E-state index contributed by atoms with van der Waals surface area (Å²) in [6.45, 7) is 0. The minimum Gasteiger partial charge on any atom is -0.457 e. The fourth-order valence-corrected chi connectivity index (χ4v) is 3.96. The van der Waals surface area contributed by atoms with E-state index < -0.39 is 16.1 Å². The van der Waals surface area contributed by atoms with E-state index in [1.54, 1.807) is 36.4 Å². The first-order valence-corrected chi connectivity index (χ1v) is 9.98. The van der Waals surface area contributed by atoms with Crippen LogP contribution in [0.15, 0.2) is 63.9 Å². The lowest BCUT2D eigenvalue weighted by molar-refractivity contribution is -0.384. The van der Waals surface area contributed by atoms with E-state index in [2.05, 4.69) is 0 Å². The van der Waals surface area contributed by atoms with Crippen LogP contribution >= 0.6 is 35.0 Å². The van der Waals surface area contributed by atoms with E-state index in [1.807, 2.05) is 0 Å². The Kier molecular flexibility index (Phi) is 5.38. The Morgan fingerprint density at radius 1 is 1.03 bits per heavy atom. The molecule has 2 amide bonds. The van der Waals surface area contributed by atoms with Crippen LogP contribution in [-0.2, 0) is 4.79 Å². The summed E-state index contributed by atoms with van der Waals surface area (Å²) in [5, 5.41) is 11.3. The largest absolute Gasteiger partial charge is 0.457 e. The van der Waals surface area contributed by atoms with E-state index in [4.69, 9.17) is 27.6 Å². The number of halogens is 2. The molecule has 4 rings (SSSR count). The van der Waals surface area contributed by atoms with Gasteiger partial charge < -0.3 is 4.42 Å². The third kappa shape index (κ3) is 3.85. The lowest BCUT2D eigenvalue weighted by Crippen LogP contribution is -2.27. The average molecular weight is 461 g/mol. The number of nitro benzene ring substituents is 1. The van der Waals surface area contributed by atoms with Crippen molar-refractivity contribution in [3.63, 3.8) is 0 Å². The van der Waals surface area contributed by atoms with Crippen LogP contribution in [0.4, 0.5) is 16.2 Å². The molecule has 0 saturated carbocycles. The summed E-state index contributed by atoms with van der Waals surface area (Å²) in [4.78, 5) is 36.7. The van der Waals surface area contributed by atoms with Gasteiger partial charge in [0.05, 0.1) is 20.5 Å². The van der Waals surface area contributed by atoms with Crippen LogP contribution in [0.1, 0.15) is 5.76 Å². The maximum absolute atomic E-state index is 12.7. The lowest BCUT2D eigenvalue weighted by atomic mass is 10.1. The van der Waals surface area contributed by atoms with E-state index in [0.29, 0.717) is 27.8 Å². The smallest absolute Gasteiger partial charge is 0.298 e. The van der Waals surface area contributed by atoms with Gasteiger partial charge in [0.25, 0.3) is 16.8 Å². The predicted molar refractivity (Wildman–Crippen MR) is 116 cm³/mol. The minimum absolute atomic E-state index is 0.128. The highest BCUT2D eigenvalue weighted by Crippen LogP contribution is 2.37. The standard InChI is InChI=1S/C20H10Cl2N2O5S/c21-11-1-3-12(4-2-11)23-19(25)18(30-20(23)26)10-14-6-8-17(29-14)15-9-13(24(27)28)5-7-16(15)22/h1-10H/b18-10+. The van der Waals surface area contributed by atoms with E-state index in [1.165, 1.54) is 24.3 Å². The van der Waals surface area contributed by atoms with Crippen LogP contribution in [0, 0.1) is 10.1 Å². The van der Waals surface area contributed by atoms with Gasteiger partial charge in [0.2, 0.25) is 0 Å². The Morgan fingerprint density at radius 3 is 2.47 bits per heavy atom. The zero-order chi connectivity index (χ0) is 21.4. The number of hydrogen-bond donors (Lipinski definition) is 0. The van der Waals surface area contributed by atoms with Gasteiger partial charge >= 0.3 is 0 Å². The summed E-state index contributed by atoms with van der Waals surface area (Å²) >= 11 is 12.8. The van der Waals surface area contributed by atoms with Gasteiger partial charge in [0.1, 0.15) is 11.5 Å². The topological polar surface area (TPSA) is 93.7 Å². The van der Waals surface area contributed by atoms with Crippen molar-refractivity contribution in [2.45, 2.75) is 0 Å². The number of carbonyl (C=O) groups is 2. The van der Waals surface area contributed by atoms with E-state index in [9.17, 15) is 19.7 Å². The fraction of sp³-hybridized carbons (Fsp3) is 0. The predicted octanol–water partition coefficient (Wildman–Crippen LogP) is 6.40. The summed E-state index contributed by atoms with van der Waals surface area (Å²) in [6.07, 6.45) is 1.44. The van der Waals surface area contributed by atoms with Gasteiger partial charge in [-0.2, -0.15) is 0 Å². The van der Waals surface area contributed by atoms with Crippen LogP contribution in [0.2, 0.25) is 10.0 Å². The molecular formula is C20H10Cl2N2O5S. The van der Waals surface area contributed by atoms with Gasteiger partial charge in [-0.05, 0) is 54.2 Å². The van der Waals surface area contributed by atoms with Crippen molar-refractivity contribution >= 4 is 63.6 Å². The Bertz CT molecular complexity index is 1220. The molecule has 0 N–H and O–H groups in total.